The van der Waals surface area contributed by atoms with E-state index in [4.69, 9.17) is 4.74 Å². The summed E-state index contributed by atoms with van der Waals surface area (Å²) in [6, 6.07) is 9.41. The predicted molar refractivity (Wildman–Crippen MR) is 74.7 cm³/mol. The van der Waals surface area contributed by atoms with Crippen LogP contribution in [0.2, 0.25) is 0 Å². The van der Waals surface area contributed by atoms with Gasteiger partial charge in [-0.05, 0) is 6.42 Å². The van der Waals surface area contributed by atoms with Crippen molar-refractivity contribution in [1.82, 2.24) is 4.98 Å². The van der Waals surface area contributed by atoms with E-state index in [1.807, 2.05) is 30.3 Å². The molecule has 19 heavy (non-hydrogen) atoms. The monoisotopic (exact) mass is 277 g/mol. The highest BCUT2D eigenvalue weighted by Crippen LogP contribution is 2.28. The second kappa shape index (κ2) is 6.45. The fourth-order valence-corrected chi connectivity index (χ4v) is 2.74. The van der Waals surface area contributed by atoms with Crippen LogP contribution in [0.1, 0.15) is 21.1 Å². The minimum absolute atomic E-state index is 0.304. The van der Waals surface area contributed by atoms with Gasteiger partial charge < -0.3 is 9.84 Å². The zero-order chi connectivity index (χ0) is 13.7. The van der Waals surface area contributed by atoms with Crippen LogP contribution in [-0.2, 0) is 11.2 Å². The third kappa shape index (κ3) is 3.39. The smallest absolute Gasteiger partial charge is 0.348 e. The summed E-state index contributed by atoms with van der Waals surface area (Å²) in [6.45, 7) is 0.655. The Labute approximate surface area is 115 Å². The molecule has 0 bridgehead atoms. The number of carboxylic acid groups (broad SMARTS) is 1. The van der Waals surface area contributed by atoms with Gasteiger partial charge in [-0.15, -0.1) is 11.3 Å². The first-order valence-electron chi connectivity index (χ1n) is 5.99. The lowest BCUT2D eigenvalue weighted by Crippen LogP contribution is -1.95. The van der Waals surface area contributed by atoms with E-state index in [0.717, 1.165) is 23.4 Å². The molecule has 0 saturated carbocycles. The van der Waals surface area contributed by atoms with Gasteiger partial charge in [0.05, 0.1) is 10.7 Å². The molecular formula is C14H15NO3S. The first-order valence-corrected chi connectivity index (χ1v) is 6.81. The maximum atomic E-state index is 11.3. The third-order valence-electron chi connectivity index (χ3n) is 2.65. The lowest BCUT2D eigenvalue weighted by atomic mass is 10.1. The van der Waals surface area contributed by atoms with Crippen molar-refractivity contribution in [1.29, 1.82) is 0 Å². The molecule has 1 heterocycles. The van der Waals surface area contributed by atoms with Gasteiger partial charge in [-0.3, -0.25) is 0 Å². The predicted octanol–water partition coefficient (Wildman–Crippen LogP) is 3.09. The molecule has 5 heteroatoms. The zero-order valence-corrected chi connectivity index (χ0v) is 11.4. The lowest BCUT2D eigenvalue weighted by Gasteiger charge is -1.97. The van der Waals surface area contributed by atoms with E-state index in [0.29, 0.717) is 17.2 Å². The SMILES string of the molecule is COCCCc1nc(-c2ccccc2)c(C(=O)O)s1. The van der Waals surface area contributed by atoms with Crippen LogP contribution in [0.4, 0.5) is 0 Å². The van der Waals surface area contributed by atoms with Crippen molar-refractivity contribution < 1.29 is 14.6 Å². The highest BCUT2D eigenvalue weighted by molar-refractivity contribution is 7.14. The number of ether oxygens (including phenoxy) is 1. The highest BCUT2D eigenvalue weighted by atomic mass is 32.1. The van der Waals surface area contributed by atoms with Crippen molar-refractivity contribution in [2.75, 3.05) is 13.7 Å². The standard InChI is InChI=1S/C14H15NO3S/c1-18-9-5-8-11-15-12(13(19-11)14(16)17)10-6-3-2-4-7-10/h2-4,6-7H,5,8-9H2,1H3,(H,16,17). The summed E-state index contributed by atoms with van der Waals surface area (Å²) in [5.41, 5.74) is 1.40. The van der Waals surface area contributed by atoms with Crippen LogP contribution in [0.5, 0.6) is 0 Å². The van der Waals surface area contributed by atoms with Crippen molar-refractivity contribution in [3.8, 4) is 11.3 Å². The molecule has 4 nitrogen and oxygen atoms in total. The van der Waals surface area contributed by atoms with Crippen LogP contribution in [0.3, 0.4) is 0 Å². The number of hydrogen-bond acceptors (Lipinski definition) is 4. The number of aromatic carboxylic acids is 1. The topological polar surface area (TPSA) is 59.4 Å². The van der Waals surface area contributed by atoms with E-state index in [9.17, 15) is 9.90 Å². The van der Waals surface area contributed by atoms with Gasteiger partial charge >= 0.3 is 5.97 Å². The molecule has 1 aromatic carbocycles. The Hall–Kier alpha value is -1.72. The van der Waals surface area contributed by atoms with Crippen molar-refractivity contribution in [2.24, 2.45) is 0 Å². The Morgan fingerprint density at radius 3 is 2.74 bits per heavy atom. The summed E-state index contributed by atoms with van der Waals surface area (Å²) < 4.78 is 4.99. The van der Waals surface area contributed by atoms with Crippen LogP contribution < -0.4 is 0 Å². The summed E-state index contributed by atoms with van der Waals surface area (Å²) >= 11 is 1.25. The summed E-state index contributed by atoms with van der Waals surface area (Å²) in [5.74, 6) is -0.922. The first kappa shape index (κ1) is 13.7. The Bertz CT molecular complexity index is 551. The number of carboxylic acids is 1. The summed E-state index contributed by atoms with van der Waals surface area (Å²) in [7, 11) is 1.65. The molecule has 0 unspecified atom stereocenters. The maximum absolute atomic E-state index is 11.3. The van der Waals surface area contributed by atoms with Crippen molar-refractivity contribution in [3.05, 3.63) is 40.2 Å². The molecular weight excluding hydrogens is 262 g/mol. The van der Waals surface area contributed by atoms with E-state index in [1.165, 1.54) is 11.3 Å². The molecule has 0 saturated heterocycles. The Kier molecular flexibility index (Phi) is 4.65. The molecule has 0 amide bonds. The molecule has 2 rings (SSSR count). The average Bonchev–Trinajstić information content (AvgIpc) is 2.84. The average molecular weight is 277 g/mol. The number of hydrogen-bond donors (Lipinski definition) is 1. The molecule has 2 aromatic rings. The minimum atomic E-state index is -0.922. The van der Waals surface area contributed by atoms with Gasteiger partial charge in [0.15, 0.2) is 0 Å². The van der Waals surface area contributed by atoms with Gasteiger partial charge in [-0.25, -0.2) is 9.78 Å². The molecule has 0 radical (unpaired) electrons. The van der Waals surface area contributed by atoms with Crippen LogP contribution >= 0.6 is 11.3 Å². The number of carbonyl (C=O) groups is 1. The number of methoxy groups -OCH3 is 1. The van der Waals surface area contributed by atoms with Crippen LogP contribution in [0, 0.1) is 0 Å². The molecule has 1 N–H and O–H groups in total. The largest absolute Gasteiger partial charge is 0.477 e. The second-order valence-corrected chi connectivity index (χ2v) is 5.14. The Morgan fingerprint density at radius 1 is 1.37 bits per heavy atom. The highest BCUT2D eigenvalue weighted by Gasteiger charge is 2.18. The Balaban J connectivity index is 2.29. The van der Waals surface area contributed by atoms with E-state index in [-0.39, 0.29) is 0 Å². The van der Waals surface area contributed by atoms with Gasteiger partial charge in [0.25, 0.3) is 0 Å². The minimum Gasteiger partial charge on any atom is -0.477 e. The molecule has 0 aliphatic heterocycles. The molecule has 100 valence electrons. The quantitative estimate of drug-likeness (QED) is 0.824. The number of thiazole rings is 1. The molecule has 0 spiro atoms. The zero-order valence-electron chi connectivity index (χ0n) is 10.6. The van der Waals surface area contributed by atoms with Crippen LogP contribution in [-0.4, -0.2) is 29.8 Å². The summed E-state index contributed by atoms with van der Waals surface area (Å²) in [4.78, 5) is 16.0. The van der Waals surface area contributed by atoms with E-state index in [1.54, 1.807) is 7.11 Å². The van der Waals surface area contributed by atoms with Gasteiger partial charge in [0.2, 0.25) is 0 Å². The maximum Gasteiger partial charge on any atom is 0.348 e. The number of nitrogens with zero attached hydrogens (tertiary/aromatic N) is 1. The number of rotatable bonds is 6. The second-order valence-electron chi connectivity index (χ2n) is 4.05. The van der Waals surface area contributed by atoms with Crippen molar-refractivity contribution in [3.63, 3.8) is 0 Å². The molecule has 1 aromatic heterocycles. The van der Waals surface area contributed by atoms with Crippen LogP contribution in [0.15, 0.2) is 30.3 Å². The van der Waals surface area contributed by atoms with Crippen LogP contribution in [0.25, 0.3) is 11.3 Å². The normalized spacial score (nSPS) is 10.6. The molecule has 0 aliphatic rings. The van der Waals surface area contributed by atoms with E-state index >= 15 is 0 Å². The number of benzene rings is 1. The third-order valence-corrected chi connectivity index (χ3v) is 3.76. The molecule has 0 atom stereocenters. The van der Waals surface area contributed by atoms with Crippen molar-refractivity contribution in [2.45, 2.75) is 12.8 Å². The number of aryl methyl sites for hydroxylation is 1. The molecule has 0 fully saturated rings. The fourth-order valence-electron chi connectivity index (χ4n) is 1.78. The van der Waals surface area contributed by atoms with E-state index < -0.39 is 5.97 Å². The summed E-state index contributed by atoms with van der Waals surface area (Å²) in [5, 5.41) is 10.1. The van der Waals surface area contributed by atoms with Crippen molar-refractivity contribution >= 4 is 17.3 Å². The van der Waals surface area contributed by atoms with Gasteiger partial charge in [0, 0.05) is 25.7 Å². The number of aromatic nitrogens is 1. The molecule has 0 aliphatic carbocycles. The van der Waals surface area contributed by atoms with E-state index in [2.05, 4.69) is 4.98 Å². The lowest BCUT2D eigenvalue weighted by molar-refractivity contribution is 0.0702. The first-order chi connectivity index (χ1) is 9.22. The van der Waals surface area contributed by atoms with Gasteiger partial charge in [-0.1, -0.05) is 30.3 Å². The Morgan fingerprint density at radius 2 is 2.11 bits per heavy atom. The van der Waals surface area contributed by atoms with Gasteiger partial charge in [0.1, 0.15) is 4.88 Å². The summed E-state index contributed by atoms with van der Waals surface area (Å²) in [6.07, 6.45) is 1.59. The van der Waals surface area contributed by atoms with Gasteiger partial charge in [-0.2, -0.15) is 0 Å². The fraction of sp³-hybridized carbons (Fsp3) is 0.286.